The number of quaternary nitrogens is 1. The van der Waals surface area contributed by atoms with E-state index in [2.05, 4.69) is 0 Å². The Morgan fingerprint density at radius 2 is 1.97 bits per heavy atom. The minimum absolute atomic E-state index is 0. The highest BCUT2D eigenvalue weighted by Crippen LogP contribution is 2.29. The van der Waals surface area contributed by atoms with Crippen LogP contribution in [0, 0.1) is 5.82 Å². The largest absolute Gasteiger partial charge is 1.00 e. The predicted octanol–water partition coefficient (Wildman–Crippen LogP) is -1.27. The summed E-state index contributed by atoms with van der Waals surface area (Å²) in [6.07, 6.45) is -1.24. The summed E-state index contributed by atoms with van der Waals surface area (Å²) in [6.45, 7) is 1.10. The molecule has 1 saturated heterocycles. The molecule has 6 nitrogen and oxygen atoms in total. The second-order valence-corrected chi connectivity index (χ2v) is 6.57. The van der Waals surface area contributed by atoms with Crippen LogP contribution in [0.4, 0.5) is 19.3 Å². The zero-order valence-electron chi connectivity index (χ0n) is 15.6. The Balaban J connectivity index is 0.00000300. The number of halogens is 3. The number of nitrogens with two attached hydrogens (primary N) is 2. The molecular formula is C20H22ClF2N3O3. The van der Waals surface area contributed by atoms with Gasteiger partial charge in [-0.3, -0.25) is 14.1 Å². The summed E-state index contributed by atoms with van der Waals surface area (Å²) >= 11 is 0. The molecule has 2 aromatic rings. The van der Waals surface area contributed by atoms with E-state index in [1.54, 1.807) is 12.1 Å². The van der Waals surface area contributed by atoms with Crippen molar-refractivity contribution in [2.75, 3.05) is 24.7 Å². The maximum Gasteiger partial charge on any atom is 0.415 e. The van der Waals surface area contributed by atoms with E-state index in [4.69, 9.17) is 10.5 Å². The van der Waals surface area contributed by atoms with E-state index in [0.717, 1.165) is 18.7 Å². The van der Waals surface area contributed by atoms with Gasteiger partial charge in [-0.05, 0) is 23.8 Å². The molecule has 2 aromatic carbocycles. The molecule has 0 saturated carbocycles. The molecule has 2 amide bonds. The molecule has 4 N–H and O–H groups in total. The zero-order valence-corrected chi connectivity index (χ0v) is 16.4. The van der Waals surface area contributed by atoms with Crippen LogP contribution >= 0.6 is 0 Å². The Morgan fingerprint density at radius 3 is 2.55 bits per heavy atom. The number of rotatable bonds is 8. The minimum atomic E-state index is -1.04. The third kappa shape index (κ3) is 5.42. The summed E-state index contributed by atoms with van der Waals surface area (Å²) in [5, 5.41) is 2.03. The lowest BCUT2D eigenvalue weighted by Gasteiger charge is -2.14. The van der Waals surface area contributed by atoms with Gasteiger partial charge in [-0.15, -0.1) is 0 Å². The normalized spacial score (nSPS) is 15.7. The number of benzene rings is 2. The molecule has 0 bridgehead atoms. The topological polar surface area (TPSA) is 89.2 Å². The monoisotopic (exact) mass is 425 g/mol. The first-order valence-electron chi connectivity index (χ1n) is 9.03. The van der Waals surface area contributed by atoms with Gasteiger partial charge in [0.05, 0.1) is 25.5 Å². The third-order valence-electron chi connectivity index (χ3n) is 4.58. The van der Waals surface area contributed by atoms with Crippen LogP contribution in [-0.4, -0.2) is 37.9 Å². The Morgan fingerprint density at radius 1 is 1.24 bits per heavy atom. The van der Waals surface area contributed by atoms with E-state index in [0.29, 0.717) is 23.2 Å². The molecule has 1 atom stereocenters. The summed E-state index contributed by atoms with van der Waals surface area (Å²) < 4.78 is 31.6. The number of cyclic esters (lactones) is 1. The van der Waals surface area contributed by atoms with Gasteiger partial charge in [0.25, 0.3) is 5.91 Å². The maximum absolute atomic E-state index is 14.6. The number of carbonyl (C=O) groups is 2. The summed E-state index contributed by atoms with van der Waals surface area (Å²) in [6, 6.07) is 11.9. The van der Waals surface area contributed by atoms with E-state index < -0.39 is 23.9 Å². The second kappa shape index (κ2) is 10.2. The Bertz CT molecular complexity index is 865. The fourth-order valence-corrected chi connectivity index (χ4v) is 3.04. The van der Waals surface area contributed by atoms with E-state index in [9.17, 15) is 18.4 Å². The molecule has 9 heteroatoms. The van der Waals surface area contributed by atoms with Gasteiger partial charge < -0.3 is 28.2 Å². The highest BCUT2D eigenvalue weighted by Gasteiger charge is 2.36. The van der Waals surface area contributed by atoms with Crippen LogP contribution in [0.25, 0.3) is 11.1 Å². The number of hydrogen-bond donors (Lipinski definition) is 2. The standard InChI is InChI=1S/C20H21F2N3O3.ClH/c21-8-1-9-24-11-13-2-4-14(5-3-13)16-7-6-15(10-17(16)22)25-12-18(19(23)26)28-20(25)27;/h2-7,10,18,24H,1,8-9,11-12H2,(H2,23,26);1H/t18-;/m1./s1. The van der Waals surface area contributed by atoms with Gasteiger partial charge in [-0.25, -0.2) is 9.18 Å². The van der Waals surface area contributed by atoms with Crippen LogP contribution in [0.15, 0.2) is 42.5 Å². The highest BCUT2D eigenvalue weighted by molar-refractivity contribution is 5.95. The molecule has 0 radical (unpaired) electrons. The molecule has 29 heavy (non-hydrogen) atoms. The first-order valence-corrected chi connectivity index (χ1v) is 9.03. The fourth-order valence-electron chi connectivity index (χ4n) is 3.04. The van der Waals surface area contributed by atoms with E-state index in [1.165, 1.54) is 11.0 Å². The van der Waals surface area contributed by atoms with Crippen molar-refractivity contribution < 1.29 is 40.8 Å². The molecule has 0 aliphatic carbocycles. The molecular weight excluding hydrogens is 404 g/mol. The van der Waals surface area contributed by atoms with Gasteiger partial charge in [-0.2, -0.15) is 0 Å². The van der Waals surface area contributed by atoms with E-state index >= 15 is 0 Å². The van der Waals surface area contributed by atoms with Crippen molar-refractivity contribution in [3.8, 4) is 11.1 Å². The number of nitrogens with zero attached hydrogens (tertiary/aromatic N) is 1. The number of hydrogen-bond acceptors (Lipinski definition) is 3. The van der Waals surface area contributed by atoms with Crippen molar-refractivity contribution in [1.82, 2.24) is 0 Å². The van der Waals surface area contributed by atoms with Crippen LogP contribution < -0.4 is 28.4 Å². The minimum Gasteiger partial charge on any atom is -1.00 e. The molecule has 1 aliphatic heterocycles. The molecule has 1 heterocycles. The molecule has 1 fully saturated rings. The maximum atomic E-state index is 14.6. The highest BCUT2D eigenvalue weighted by atomic mass is 35.5. The first-order chi connectivity index (χ1) is 13.5. The van der Waals surface area contributed by atoms with Crippen molar-refractivity contribution in [2.45, 2.75) is 19.1 Å². The van der Waals surface area contributed by atoms with E-state index in [1.807, 2.05) is 29.6 Å². The quantitative estimate of drug-likeness (QED) is 0.517. The summed E-state index contributed by atoms with van der Waals surface area (Å²) in [5.41, 5.74) is 7.62. The number of anilines is 1. The smallest absolute Gasteiger partial charge is 0.415 e. The lowest BCUT2D eigenvalue weighted by molar-refractivity contribution is -0.670. The van der Waals surface area contributed by atoms with Gasteiger partial charge in [-0.1, -0.05) is 24.3 Å². The van der Waals surface area contributed by atoms with Crippen LogP contribution in [-0.2, 0) is 16.1 Å². The van der Waals surface area contributed by atoms with Gasteiger partial charge >= 0.3 is 6.09 Å². The Labute approximate surface area is 173 Å². The average molecular weight is 426 g/mol. The lowest BCUT2D eigenvalue weighted by Crippen LogP contribution is -3.00. The SMILES string of the molecule is NC(=O)[C@H]1CN(c2ccc(-c3ccc(C[NH2+]CCCF)cc3)c(F)c2)C(=O)O1.[Cl-]. The van der Waals surface area contributed by atoms with Crippen LogP contribution in [0.3, 0.4) is 0 Å². The Hall–Kier alpha value is -2.71. The molecule has 0 unspecified atom stereocenters. The van der Waals surface area contributed by atoms with Crippen molar-refractivity contribution in [2.24, 2.45) is 5.73 Å². The third-order valence-corrected chi connectivity index (χ3v) is 4.58. The fraction of sp³-hybridized carbons (Fsp3) is 0.300. The van der Waals surface area contributed by atoms with Crippen molar-refractivity contribution >= 4 is 17.7 Å². The first kappa shape index (κ1) is 22.6. The van der Waals surface area contributed by atoms with Crippen molar-refractivity contribution in [3.63, 3.8) is 0 Å². The summed E-state index contributed by atoms with van der Waals surface area (Å²) in [7, 11) is 0. The number of amides is 2. The van der Waals surface area contributed by atoms with Crippen LogP contribution in [0.5, 0.6) is 0 Å². The molecule has 0 aromatic heterocycles. The van der Waals surface area contributed by atoms with Crippen LogP contribution in [0.1, 0.15) is 12.0 Å². The van der Waals surface area contributed by atoms with Crippen molar-refractivity contribution in [1.29, 1.82) is 0 Å². The molecule has 1 aliphatic rings. The molecule has 3 rings (SSSR count). The van der Waals surface area contributed by atoms with Crippen molar-refractivity contribution in [3.05, 3.63) is 53.8 Å². The Kier molecular flexibility index (Phi) is 7.92. The molecule has 0 spiro atoms. The molecule has 156 valence electrons. The predicted molar refractivity (Wildman–Crippen MR) is 99.7 cm³/mol. The van der Waals surface area contributed by atoms with Gasteiger partial charge in [0.1, 0.15) is 12.4 Å². The van der Waals surface area contributed by atoms with E-state index in [-0.39, 0.29) is 25.6 Å². The summed E-state index contributed by atoms with van der Waals surface area (Å²) in [4.78, 5) is 24.2. The average Bonchev–Trinajstić information content (AvgIpc) is 3.08. The number of carbonyl (C=O) groups excluding carboxylic acids is 2. The summed E-state index contributed by atoms with van der Waals surface area (Å²) in [5.74, 6) is -1.23. The van der Waals surface area contributed by atoms with Crippen LogP contribution in [0.2, 0.25) is 0 Å². The number of primary amides is 1. The number of alkyl halides is 1. The van der Waals surface area contributed by atoms with Gasteiger partial charge in [0.15, 0.2) is 6.10 Å². The lowest BCUT2D eigenvalue weighted by atomic mass is 10.0. The second-order valence-electron chi connectivity index (χ2n) is 6.57. The van der Waals surface area contributed by atoms with Gasteiger partial charge in [0, 0.05) is 17.5 Å². The van der Waals surface area contributed by atoms with Gasteiger partial charge in [0.2, 0.25) is 0 Å². The zero-order chi connectivity index (χ0) is 20.1. The number of ether oxygens (including phenoxy) is 1.